The minimum atomic E-state index is -0.176. The number of benzene rings is 13. The largest absolute Gasteiger partial charge is 0.494 e. The lowest BCUT2D eigenvalue weighted by atomic mass is 9.92. The van der Waals surface area contributed by atoms with Crippen LogP contribution in [0.3, 0.4) is 0 Å². The Kier molecular flexibility index (Phi) is 30.7. The maximum atomic E-state index is 12.6. The standard InChI is InChI=1S/C26H24N4.C26H18N2O2S2.C18H14.C14H13N.C12H12.C10H12.C9H13N.C8H10/c1-19-3-5-21(6-4-19)28-23-11-13-25(14-12-23)30-26-17-15-24(16-18-26)29-22-9-7-20(27-2)8-10-22;1-13-3-5-17-15(11-13)23(25(29)27-17)21-9-7-19(31-21)20-8-10-22(32-20)24-16-12-14(2)4-6-18(16)28-26(24)30;1-11-7-13-3-5-15-9-12(2)10-16-6-4-14(8-11)17(13)18(15)16;1-9-3-5-13-11(7-9)12-8-10(2)4-6-14(12)15-13;1-9-8-10(2)12-7-5-3-4-6-11(9)12;1-3-4-10-7-5-9(2)6-8-10;1-3-8(2)9-6-4-5-7-10-9;1-7-3-5-8(2)6-4-7/h3-18,27,29H,1-2H3;3-12,27,29H,1-2H3;3-10H,1-2H3;3-8,15H,1-2H3;3-8H,1-2H3;3-8H,1-2H3;4-8H,3H2,1-2H3;3-6H,1-2H3. The summed E-state index contributed by atoms with van der Waals surface area (Å²) in [7, 11) is 1.91. The minimum absolute atomic E-state index is 0.176. The number of allylic oxidation sites excluding steroid dienone is 5. The van der Waals surface area contributed by atoms with Gasteiger partial charge in [-0.1, -0.05) is 246 Å². The van der Waals surface area contributed by atoms with Crippen LogP contribution < -0.4 is 21.2 Å². The van der Waals surface area contributed by atoms with Gasteiger partial charge in [-0.2, -0.15) is 0 Å². The molecule has 0 bridgehead atoms. The summed E-state index contributed by atoms with van der Waals surface area (Å²) >= 11 is 3.24. The van der Waals surface area contributed by atoms with Crippen LogP contribution in [0.25, 0.3) is 108 Å². The first-order valence-electron chi connectivity index (χ1n) is 46.1. The summed E-state index contributed by atoms with van der Waals surface area (Å²) < 4.78 is 0. The highest BCUT2D eigenvalue weighted by molar-refractivity contribution is 7.24. The molecule has 5 aromatic heterocycles. The van der Waals surface area contributed by atoms with Gasteiger partial charge in [0.1, 0.15) is 0 Å². The number of nitrogens with zero attached hydrogens (tertiary/aromatic N) is 4. The Morgan fingerprint density at radius 2 is 0.822 bits per heavy atom. The maximum absolute atomic E-state index is 12.6. The van der Waals surface area contributed by atoms with Crippen LogP contribution in [0.5, 0.6) is 5.88 Å². The topological polar surface area (TPSA) is 143 Å². The van der Waals surface area contributed by atoms with Crippen molar-refractivity contribution < 1.29 is 9.90 Å². The number of hydrogen-bond donors (Lipinski definition) is 5. The molecule has 12 heteroatoms. The second kappa shape index (κ2) is 43.9. The van der Waals surface area contributed by atoms with Gasteiger partial charge in [0.15, 0.2) is 5.88 Å². The van der Waals surface area contributed by atoms with Crippen LogP contribution in [-0.4, -0.2) is 44.4 Å². The lowest BCUT2D eigenvalue weighted by Crippen LogP contribution is -2.23. The first-order valence-corrected chi connectivity index (χ1v) is 47.7. The first-order chi connectivity index (χ1) is 65.3. The molecule has 135 heavy (non-hydrogen) atoms. The number of carbonyl (C=O) groups is 1. The summed E-state index contributed by atoms with van der Waals surface area (Å²) in [5.41, 5.74) is 32.4. The molecule has 1 atom stereocenters. The average molecular weight is 1800 g/mol. The molecular formula is C123H116N8O2S2. The van der Waals surface area contributed by atoms with E-state index < -0.39 is 0 Å². The summed E-state index contributed by atoms with van der Waals surface area (Å²) in [6.07, 6.45) is 15.1. The third kappa shape index (κ3) is 24.0. The van der Waals surface area contributed by atoms with E-state index in [1.165, 1.54) is 132 Å². The van der Waals surface area contributed by atoms with Crippen molar-refractivity contribution in [3.05, 3.63) is 452 Å². The molecule has 1 unspecified atom stereocenters. The van der Waals surface area contributed by atoms with Gasteiger partial charge in [0.05, 0.1) is 39.3 Å². The highest BCUT2D eigenvalue weighted by Crippen LogP contribution is 2.45. The van der Waals surface area contributed by atoms with Crippen molar-refractivity contribution in [2.45, 2.75) is 116 Å². The van der Waals surface area contributed by atoms with E-state index >= 15 is 0 Å². The number of aromatic hydroxyl groups is 1. The molecule has 672 valence electrons. The van der Waals surface area contributed by atoms with E-state index in [-0.39, 0.29) is 11.8 Å². The number of nitrogens with one attached hydrogen (secondary N) is 4. The smallest absolute Gasteiger partial charge is 0.279 e. The van der Waals surface area contributed by atoms with E-state index in [4.69, 9.17) is 4.99 Å². The molecule has 5 N–H and O–H groups in total. The predicted molar refractivity (Wildman–Crippen MR) is 582 cm³/mol. The Hall–Kier alpha value is -15.2. The van der Waals surface area contributed by atoms with Crippen LogP contribution in [0.2, 0.25) is 0 Å². The number of pyridine rings is 1. The summed E-state index contributed by atoms with van der Waals surface area (Å²) in [5.74, 6) is 0.609. The number of aryl methyl sites for hydroxylation is 12. The van der Waals surface area contributed by atoms with E-state index in [1.54, 1.807) is 22.7 Å². The van der Waals surface area contributed by atoms with Crippen LogP contribution in [0, 0.1) is 83.1 Å². The number of aliphatic imine (C=N–C) groups is 2. The lowest BCUT2D eigenvalue weighted by molar-refractivity contribution is -0.112. The molecule has 1 amide bonds. The second-order valence-electron chi connectivity index (χ2n) is 35.0. The van der Waals surface area contributed by atoms with Crippen LogP contribution in [0.4, 0.5) is 28.4 Å². The van der Waals surface area contributed by atoms with Crippen LogP contribution in [0.15, 0.2) is 373 Å². The Labute approximate surface area is 801 Å². The SMILES string of the molecule is CC=Cc1ccc(C)cc1.CCC(C)c1ccccn1.CNc1ccc(Nc2ccc(N=C3C=CC(=Nc4ccc(C)cc4)C=C3)cc2)cc1.Cc1cc(C)c2cccccc1-2.Cc1cc2ccc3cc(C)cc4ccc(c1)c2c34.Cc1ccc(C)cc1.Cc1ccc2[nH]c3ccc(C)cc3c2c1.Cc1ccc2c(c1)=C(c1ccc(-c3ccc(-c4c(O)[nH]c5ccc(C)cc45)s3)s1)C(=O)N=2. The van der Waals surface area contributed by atoms with Gasteiger partial charge in [0.2, 0.25) is 0 Å². The van der Waals surface area contributed by atoms with Gasteiger partial charge in [-0.05, 0) is 344 Å². The zero-order chi connectivity index (χ0) is 94.8. The highest BCUT2D eigenvalue weighted by atomic mass is 32.1. The molecule has 13 aromatic carbocycles. The molecule has 0 radical (unpaired) electrons. The van der Waals surface area contributed by atoms with Crippen molar-refractivity contribution in [2.24, 2.45) is 15.0 Å². The number of hydrogen-bond acceptors (Lipinski definition) is 9. The van der Waals surface area contributed by atoms with Crippen molar-refractivity contribution in [3.8, 4) is 37.2 Å². The van der Waals surface area contributed by atoms with Gasteiger partial charge >= 0.3 is 0 Å². The van der Waals surface area contributed by atoms with E-state index in [9.17, 15) is 9.90 Å². The summed E-state index contributed by atoms with van der Waals surface area (Å²) in [6, 6.07) is 112. The van der Waals surface area contributed by atoms with Crippen molar-refractivity contribution in [1.82, 2.24) is 15.0 Å². The molecule has 22 rings (SSSR count). The molecule has 0 saturated heterocycles. The van der Waals surface area contributed by atoms with Gasteiger partial charge in [-0.15, -0.1) is 22.7 Å². The monoisotopic (exact) mass is 1800 g/mol. The number of thiophene rings is 2. The van der Waals surface area contributed by atoms with Gasteiger partial charge in [-0.3, -0.25) is 9.78 Å². The second-order valence-corrected chi connectivity index (χ2v) is 37.2. The quantitative estimate of drug-likeness (QED) is 0.0647. The molecule has 10 nitrogen and oxygen atoms in total. The normalized spacial score (nSPS) is 12.0. The van der Waals surface area contributed by atoms with E-state index in [0.717, 1.165) is 104 Å². The van der Waals surface area contributed by atoms with Crippen molar-refractivity contribution in [1.29, 1.82) is 0 Å². The maximum Gasteiger partial charge on any atom is 0.279 e. The van der Waals surface area contributed by atoms with Gasteiger partial charge in [0.25, 0.3) is 5.91 Å². The van der Waals surface area contributed by atoms with Gasteiger partial charge < -0.3 is 25.7 Å². The zero-order valence-electron chi connectivity index (χ0n) is 79.9. The Morgan fingerprint density at radius 1 is 0.407 bits per heavy atom. The van der Waals surface area contributed by atoms with E-state index in [2.05, 4.69) is 331 Å². The summed E-state index contributed by atoms with van der Waals surface area (Å²) in [4.78, 5) is 41.0. The summed E-state index contributed by atoms with van der Waals surface area (Å²) in [5, 5.41) is 30.6. The Balaban J connectivity index is 0.000000123. The lowest BCUT2D eigenvalue weighted by Gasteiger charge is -2.12. The number of fused-ring (bicyclic) bond motifs is 6. The van der Waals surface area contributed by atoms with E-state index in [0.29, 0.717) is 11.5 Å². The molecular weight excluding hydrogens is 1690 g/mol. The Morgan fingerprint density at radius 3 is 1.30 bits per heavy atom. The average Bonchev–Trinajstić information content (AvgIpc) is 1.73. The van der Waals surface area contributed by atoms with Crippen molar-refractivity contribution >= 4 is 145 Å². The van der Waals surface area contributed by atoms with Crippen molar-refractivity contribution in [3.63, 3.8) is 0 Å². The molecule has 4 aliphatic rings. The predicted octanol–water partition coefficient (Wildman–Crippen LogP) is 32.5. The highest BCUT2D eigenvalue weighted by Gasteiger charge is 2.23. The number of aromatic nitrogens is 3. The fourth-order valence-electron chi connectivity index (χ4n) is 16.6. The van der Waals surface area contributed by atoms with Crippen LogP contribution in [-0.2, 0) is 4.79 Å². The van der Waals surface area contributed by atoms with Crippen LogP contribution >= 0.6 is 22.7 Å². The minimum Gasteiger partial charge on any atom is -0.494 e. The third-order valence-corrected chi connectivity index (χ3v) is 26.4. The van der Waals surface area contributed by atoms with Crippen LogP contribution in [0.1, 0.15) is 116 Å². The molecule has 18 aromatic rings. The number of anilines is 3. The number of rotatable bonds is 11. The third-order valence-electron chi connectivity index (χ3n) is 24.0. The van der Waals surface area contributed by atoms with Gasteiger partial charge in [0, 0.05) is 93.4 Å². The first kappa shape index (κ1) is 94.4. The molecule has 6 heterocycles. The van der Waals surface area contributed by atoms with Crippen molar-refractivity contribution in [2.75, 3.05) is 17.7 Å². The fourth-order valence-corrected chi connectivity index (χ4v) is 18.8. The molecule has 3 aliphatic carbocycles. The fraction of sp³-hybridized carbons (Fsp3) is 0.146. The zero-order valence-corrected chi connectivity index (χ0v) is 81.5. The number of amides is 1. The number of H-pyrrole nitrogens is 2. The molecule has 0 fully saturated rings. The van der Waals surface area contributed by atoms with E-state index in [1.807, 2.05) is 180 Å². The molecule has 1 aliphatic heterocycles. The summed E-state index contributed by atoms with van der Waals surface area (Å²) in [6.45, 7) is 31.8. The van der Waals surface area contributed by atoms with Gasteiger partial charge in [-0.25, -0.2) is 15.0 Å². The molecule has 0 spiro atoms. The number of carbonyl (C=O) groups excluding carboxylic acids is 1. The number of aromatic amines is 2. The molecule has 0 saturated carbocycles. The Bertz CT molecular complexity index is 7550.